The molecule has 0 atom stereocenters. The Balaban J connectivity index is 3.19. The van der Waals surface area contributed by atoms with E-state index in [0.717, 1.165) is 51.5 Å². The van der Waals surface area contributed by atoms with Crippen molar-refractivity contribution in [3.63, 3.8) is 0 Å². The van der Waals surface area contributed by atoms with Gasteiger partial charge in [-0.15, -0.1) is 0 Å². The zero-order valence-electron chi connectivity index (χ0n) is 13.3. The Hall–Kier alpha value is -1.06. The summed E-state index contributed by atoms with van der Waals surface area (Å²) in [6.07, 6.45) is 11.3. The second-order valence-corrected chi connectivity index (χ2v) is 5.35. The molecule has 0 saturated heterocycles. The van der Waals surface area contributed by atoms with Crippen LogP contribution in [0.2, 0.25) is 0 Å². The molecule has 20 heavy (non-hydrogen) atoms. The monoisotopic (exact) mass is 284 g/mol. The van der Waals surface area contributed by atoms with Gasteiger partial charge in [-0.1, -0.05) is 45.4 Å². The third-order valence-corrected chi connectivity index (χ3v) is 3.44. The molecule has 0 aliphatic heterocycles. The van der Waals surface area contributed by atoms with E-state index in [9.17, 15) is 9.59 Å². The summed E-state index contributed by atoms with van der Waals surface area (Å²) in [5.74, 6) is 0.325. The summed E-state index contributed by atoms with van der Waals surface area (Å²) in [4.78, 5) is 22.5. The van der Waals surface area contributed by atoms with Gasteiger partial charge in [0, 0.05) is 26.4 Å². The van der Waals surface area contributed by atoms with Crippen LogP contribution in [0.4, 0.5) is 0 Å². The maximum absolute atomic E-state index is 11.5. The van der Waals surface area contributed by atoms with Crippen LogP contribution in [-0.4, -0.2) is 25.4 Å². The lowest BCUT2D eigenvalue weighted by Crippen LogP contribution is -2.23. The van der Waals surface area contributed by atoms with E-state index in [1.54, 1.807) is 7.05 Å². The quantitative estimate of drug-likeness (QED) is 0.510. The zero-order valence-corrected chi connectivity index (χ0v) is 13.3. The van der Waals surface area contributed by atoms with Gasteiger partial charge in [0.2, 0.25) is 11.8 Å². The van der Waals surface area contributed by atoms with Gasteiger partial charge in [-0.25, -0.2) is 0 Å². The molecule has 0 heterocycles. The van der Waals surface area contributed by atoms with Gasteiger partial charge in [0.25, 0.3) is 0 Å². The molecule has 0 aromatic carbocycles. The number of hydrogen-bond donors (Lipinski definition) is 2. The molecular formula is C16H32N2O2. The van der Waals surface area contributed by atoms with Gasteiger partial charge in [0.15, 0.2) is 0 Å². The lowest BCUT2D eigenvalue weighted by molar-refractivity contribution is -0.121. The van der Waals surface area contributed by atoms with E-state index in [4.69, 9.17) is 0 Å². The Bertz CT molecular complexity index is 255. The van der Waals surface area contributed by atoms with E-state index in [-0.39, 0.29) is 11.8 Å². The van der Waals surface area contributed by atoms with E-state index in [1.807, 2.05) is 0 Å². The number of hydrogen-bond acceptors (Lipinski definition) is 2. The van der Waals surface area contributed by atoms with E-state index in [1.165, 1.54) is 12.8 Å². The highest BCUT2D eigenvalue weighted by Crippen LogP contribution is 2.08. The average molecular weight is 284 g/mol. The van der Waals surface area contributed by atoms with Crippen LogP contribution in [0.3, 0.4) is 0 Å². The molecule has 0 aliphatic rings. The molecule has 0 bridgehead atoms. The maximum Gasteiger partial charge on any atom is 0.219 e. The van der Waals surface area contributed by atoms with Crippen LogP contribution in [0.1, 0.15) is 77.6 Å². The van der Waals surface area contributed by atoms with Gasteiger partial charge in [-0.2, -0.15) is 0 Å². The van der Waals surface area contributed by atoms with Crippen molar-refractivity contribution in [3.8, 4) is 0 Å². The van der Waals surface area contributed by atoms with Gasteiger partial charge in [0.1, 0.15) is 0 Å². The molecule has 0 aromatic heterocycles. The highest BCUT2D eigenvalue weighted by Gasteiger charge is 2.00. The third-order valence-electron chi connectivity index (χ3n) is 3.44. The minimum Gasteiger partial charge on any atom is -0.359 e. The number of nitrogens with one attached hydrogen (secondary N) is 2. The lowest BCUT2D eigenvalue weighted by Gasteiger charge is -2.05. The first-order valence-corrected chi connectivity index (χ1v) is 8.18. The summed E-state index contributed by atoms with van der Waals surface area (Å²) >= 11 is 0. The molecule has 4 nitrogen and oxygen atoms in total. The Morgan fingerprint density at radius 2 is 1.30 bits per heavy atom. The molecule has 0 aliphatic carbocycles. The molecule has 0 fully saturated rings. The molecule has 0 radical (unpaired) electrons. The SMILES string of the molecule is CCCCCNC(=O)CCCCCCCCC(=O)NC. The van der Waals surface area contributed by atoms with Gasteiger partial charge in [0.05, 0.1) is 0 Å². The summed E-state index contributed by atoms with van der Waals surface area (Å²) in [6, 6.07) is 0. The predicted octanol–water partition coefficient (Wildman–Crippen LogP) is 3.16. The van der Waals surface area contributed by atoms with E-state index < -0.39 is 0 Å². The minimum absolute atomic E-state index is 0.129. The largest absolute Gasteiger partial charge is 0.359 e. The number of amides is 2. The van der Waals surface area contributed by atoms with Crippen molar-refractivity contribution in [2.45, 2.75) is 77.6 Å². The summed E-state index contributed by atoms with van der Waals surface area (Å²) in [5, 5.41) is 5.59. The average Bonchev–Trinajstić information content (AvgIpc) is 2.46. The van der Waals surface area contributed by atoms with Crippen LogP contribution < -0.4 is 10.6 Å². The van der Waals surface area contributed by atoms with Crippen LogP contribution in [-0.2, 0) is 9.59 Å². The number of carbonyl (C=O) groups excluding carboxylic acids is 2. The first kappa shape index (κ1) is 18.9. The summed E-state index contributed by atoms with van der Waals surface area (Å²) in [7, 11) is 1.68. The van der Waals surface area contributed by atoms with Crippen molar-refractivity contribution in [2.75, 3.05) is 13.6 Å². The molecule has 4 heteroatoms. The zero-order chi connectivity index (χ0) is 15.1. The topological polar surface area (TPSA) is 58.2 Å². The van der Waals surface area contributed by atoms with Gasteiger partial charge in [-0.05, 0) is 19.3 Å². The molecule has 0 saturated carbocycles. The van der Waals surface area contributed by atoms with Crippen molar-refractivity contribution in [3.05, 3.63) is 0 Å². The van der Waals surface area contributed by atoms with Crippen molar-refractivity contribution in [1.82, 2.24) is 10.6 Å². The fourth-order valence-electron chi connectivity index (χ4n) is 2.09. The van der Waals surface area contributed by atoms with Crippen LogP contribution in [0, 0.1) is 0 Å². The number of unbranched alkanes of at least 4 members (excludes halogenated alkanes) is 7. The van der Waals surface area contributed by atoms with Crippen molar-refractivity contribution < 1.29 is 9.59 Å². The molecule has 0 aromatic rings. The van der Waals surface area contributed by atoms with Crippen molar-refractivity contribution in [1.29, 1.82) is 0 Å². The number of rotatable bonds is 13. The summed E-state index contributed by atoms with van der Waals surface area (Å²) in [6.45, 7) is 2.99. The number of carbonyl (C=O) groups is 2. The highest BCUT2D eigenvalue weighted by atomic mass is 16.2. The highest BCUT2D eigenvalue weighted by molar-refractivity contribution is 5.75. The third kappa shape index (κ3) is 13.4. The van der Waals surface area contributed by atoms with E-state index in [0.29, 0.717) is 12.8 Å². The normalized spacial score (nSPS) is 10.3. The van der Waals surface area contributed by atoms with E-state index in [2.05, 4.69) is 17.6 Å². The summed E-state index contributed by atoms with van der Waals surface area (Å²) < 4.78 is 0. The fourth-order valence-corrected chi connectivity index (χ4v) is 2.09. The van der Waals surface area contributed by atoms with Crippen LogP contribution >= 0.6 is 0 Å². The first-order valence-electron chi connectivity index (χ1n) is 8.18. The molecule has 2 N–H and O–H groups in total. The molecule has 2 amide bonds. The van der Waals surface area contributed by atoms with Gasteiger partial charge < -0.3 is 10.6 Å². The maximum atomic E-state index is 11.5. The van der Waals surface area contributed by atoms with Crippen LogP contribution in [0.15, 0.2) is 0 Å². The van der Waals surface area contributed by atoms with Crippen molar-refractivity contribution >= 4 is 11.8 Å². The van der Waals surface area contributed by atoms with E-state index >= 15 is 0 Å². The molecule has 118 valence electrons. The van der Waals surface area contributed by atoms with Crippen molar-refractivity contribution in [2.24, 2.45) is 0 Å². The van der Waals surface area contributed by atoms with Crippen LogP contribution in [0.5, 0.6) is 0 Å². The molecule has 0 rings (SSSR count). The van der Waals surface area contributed by atoms with Gasteiger partial charge in [-0.3, -0.25) is 9.59 Å². The standard InChI is InChI=1S/C16H32N2O2/c1-3-4-11-14-18-16(20)13-10-8-6-5-7-9-12-15(19)17-2/h3-14H2,1-2H3,(H,17,19)(H,18,20). The van der Waals surface area contributed by atoms with Gasteiger partial charge >= 0.3 is 0 Å². The minimum atomic E-state index is 0.129. The molecule has 0 unspecified atom stereocenters. The summed E-state index contributed by atoms with van der Waals surface area (Å²) in [5.41, 5.74) is 0. The molecular weight excluding hydrogens is 252 g/mol. The lowest BCUT2D eigenvalue weighted by atomic mass is 10.1. The first-order chi connectivity index (χ1) is 9.70. The second kappa shape index (κ2) is 14.4. The Morgan fingerprint density at radius 1 is 0.750 bits per heavy atom. The Morgan fingerprint density at radius 3 is 1.85 bits per heavy atom. The Kier molecular flexibility index (Phi) is 13.6. The predicted molar refractivity (Wildman–Crippen MR) is 83.5 cm³/mol. The fraction of sp³-hybridized carbons (Fsp3) is 0.875. The Labute approximate surface area is 124 Å². The molecule has 0 spiro atoms. The second-order valence-electron chi connectivity index (χ2n) is 5.35. The smallest absolute Gasteiger partial charge is 0.219 e. The van der Waals surface area contributed by atoms with Crippen LogP contribution in [0.25, 0.3) is 0 Å².